The first-order valence-corrected chi connectivity index (χ1v) is 9.23. The van der Waals surface area contributed by atoms with Crippen LogP contribution < -0.4 is 15.5 Å². The molecule has 4 aromatic rings. The maximum atomic E-state index is 12.6. The number of methoxy groups -OCH3 is 1. The van der Waals surface area contributed by atoms with Gasteiger partial charge in [0.25, 0.3) is 12.2 Å². The summed E-state index contributed by atoms with van der Waals surface area (Å²) in [6.45, 7) is 1.63. The number of benzene rings is 2. The number of carbonyl (C=O) groups is 2. The summed E-state index contributed by atoms with van der Waals surface area (Å²) in [4.78, 5) is 36.7. The number of esters is 1. The van der Waals surface area contributed by atoms with Crippen molar-refractivity contribution in [1.82, 2.24) is 4.57 Å². The predicted molar refractivity (Wildman–Crippen MR) is 111 cm³/mol. The van der Waals surface area contributed by atoms with E-state index in [2.05, 4.69) is 10.1 Å². The van der Waals surface area contributed by atoms with Crippen molar-refractivity contribution in [3.05, 3.63) is 93.5 Å². The second-order valence-electron chi connectivity index (χ2n) is 6.71. The van der Waals surface area contributed by atoms with Gasteiger partial charge < -0.3 is 19.7 Å². The second kappa shape index (κ2) is 7.79. The molecule has 0 saturated carbocycles. The molecule has 0 aliphatic rings. The molecule has 9 heteroatoms. The van der Waals surface area contributed by atoms with Crippen LogP contribution in [0.4, 0.5) is 5.69 Å². The summed E-state index contributed by atoms with van der Waals surface area (Å²) in [5.74, 6) is -1.52. The van der Waals surface area contributed by atoms with E-state index >= 15 is 0 Å². The lowest BCUT2D eigenvalue weighted by Gasteiger charge is -2.05. The van der Waals surface area contributed by atoms with Gasteiger partial charge in [-0.05, 0) is 24.3 Å². The van der Waals surface area contributed by atoms with Crippen LogP contribution >= 0.6 is 0 Å². The van der Waals surface area contributed by atoms with Gasteiger partial charge in [0.05, 0.1) is 12.5 Å². The van der Waals surface area contributed by atoms with Crippen LogP contribution in [0.5, 0.6) is 0 Å². The van der Waals surface area contributed by atoms with E-state index in [0.717, 1.165) is 6.07 Å². The molecule has 0 spiro atoms. The molecular formula is C22H17N3O6. The van der Waals surface area contributed by atoms with Gasteiger partial charge in [-0.25, -0.2) is 9.52 Å². The van der Waals surface area contributed by atoms with E-state index in [1.54, 1.807) is 37.3 Å². The summed E-state index contributed by atoms with van der Waals surface area (Å²) in [6.07, 6.45) is 1.21. The van der Waals surface area contributed by atoms with E-state index in [1.807, 2.05) is 6.07 Å². The first-order valence-electron chi connectivity index (χ1n) is 9.23. The molecule has 2 aromatic heterocycles. The molecule has 1 N–H and O–H groups in total. The minimum atomic E-state index is -0.759. The molecule has 0 atom stereocenters. The summed E-state index contributed by atoms with van der Waals surface area (Å²) in [7, 11) is 1.19. The first-order chi connectivity index (χ1) is 14.9. The van der Waals surface area contributed by atoms with Gasteiger partial charge in [-0.3, -0.25) is 9.59 Å². The van der Waals surface area contributed by atoms with Gasteiger partial charge in [-0.15, -0.1) is 0 Å². The highest BCUT2D eigenvalue weighted by Crippen LogP contribution is 2.20. The summed E-state index contributed by atoms with van der Waals surface area (Å²) in [5.41, 5.74) is 1.11. The van der Waals surface area contributed by atoms with Crippen molar-refractivity contribution in [2.75, 3.05) is 12.4 Å². The van der Waals surface area contributed by atoms with E-state index < -0.39 is 17.3 Å². The zero-order chi connectivity index (χ0) is 22.1. The smallest absolute Gasteiger partial charge is 0.374 e. The molecule has 9 nitrogen and oxygen atoms in total. The van der Waals surface area contributed by atoms with E-state index in [0.29, 0.717) is 21.8 Å². The maximum absolute atomic E-state index is 12.6. The zero-order valence-corrected chi connectivity index (χ0v) is 16.6. The van der Waals surface area contributed by atoms with Crippen LogP contribution in [0.25, 0.3) is 16.7 Å². The van der Waals surface area contributed by atoms with Gasteiger partial charge in [0, 0.05) is 24.7 Å². The number of hydrogen-bond donors (Lipinski definition) is 1. The molecule has 0 saturated heterocycles. The SMILES string of the molecule is COC(=O)c1cc(=O)c2cc(-n3c[n+]([O-])c(C(=O)Nc4ccccc4)c3C)ccc2o1. The van der Waals surface area contributed by atoms with Crippen molar-refractivity contribution < 1.29 is 23.5 Å². The number of rotatable bonds is 4. The number of amides is 1. The molecule has 0 aliphatic carbocycles. The largest absolute Gasteiger partial charge is 0.710 e. The van der Waals surface area contributed by atoms with Crippen molar-refractivity contribution >= 4 is 28.5 Å². The normalized spacial score (nSPS) is 10.8. The van der Waals surface area contributed by atoms with Crippen LogP contribution in [0.15, 0.2) is 70.1 Å². The van der Waals surface area contributed by atoms with Gasteiger partial charge in [0.2, 0.25) is 11.5 Å². The van der Waals surface area contributed by atoms with Crippen molar-refractivity contribution in [2.24, 2.45) is 0 Å². The molecule has 0 unspecified atom stereocenters. The number of fused-ring (bicyclic) bond motifs is 1. The molecule has 0 aliphatic heterocycles. The Hall–Kier alpha value is -4.40. The third-order valence-corrected chi connectivity index (χ3v) is 4.77. The summed E-state index contributed by atoms with van der Waals surface area (Å²) in [6, 6.07) is 14.5. The van der Waals surface area contributed by atoms with Gasteiger partial charge in [-0.2, -0.15) is 4.57 Å². The minimum absolute atomic E-state index is 0.0722. The third-order valence-electron chi connectivity index (χ3n) is 4.77. The van der Waals surface area contributed by atoms with E-state index in [1.165, 1.54) is 30.1 Å². The lowest BCUT2D eigenvalue weighted by Crippen LogP contribution is -2.34. The lowest BCUT2D eigenvalue weighted by atomic mass is 10.2. The Bertz CT molecular complexity index is 1370. The number of nitrogens with one attached hydrogen (secondary N) is 1. The summed E-state index contributed by atoms with van der Waals surface area (Å²) >= 11 is 0. The van der Waals surface area contributed by atoms with Crippen LogP contribution in [-0.4, -0.2) is 23.6 Å². The second-order valence-corrected chi connectivity index (χ2v) is 6.71. The highest BCUT2D eigenvalue weighted by Gasteiger charge is 2.25. The first kappa shape index (κ1) is 19.9. The van der Waals surface area contributed by atoms with Gasteiger partial charge >= 0.3 is 5.97 Å². The minimum Gasteiger partial charge on any atom is -0.710 e. The standard InChI is InChI=1S/C22H17N3O6/c1-13-20(21(27)23-14-6-4-3-5-7-14)25(29)12-24(13)15-8-9-18-16(10-15)17(26)11-19(31-18)22(28)30-2/h3-12H,1-2H3,(H,23,27). The number of imidazole rings is 1. The van der Waals surface area contributed by atoms with Gasteiger partial charge in [0.1, 0.15) is 11.3 Å². The van der Waals surface area contributed by atoms with E-state index in [4.69, 9.17) is 4.42 Å². The number of anilines is 1. The molecular weight excluding hydrogens is 402 g/mol. The van der Waals surface area contributed by atoms with Gasteiger partial charge in [-0.1, -0.05) is 18.2 Å². The van der Waals surface area contributed by atoms with Crippen LogP contribution in [0.3, 0.4) is 0 Å². The van der Waals surface area contributed by atoms with Crippen LogP contribution in [-0.2, 0) is 4.74 Å². The van der Waals surface area contributed by atoms with E-state index in [-0.39, 0.29) is 22.4 Å². The molecule has 0 fully saturated rings. The fourth-order valence-corrected chi connectivity index (χ4v) is 3.25. The topological polar surface area (TPSA) is 117 Å². The molecule has 1 amide bonds. The Kier molecular flexibility index (Phi) is 5.00. The van der Waals surface area contributed by atoms with Crippen LogP contribution in [0, 0.1) is 12.1 Å². The van der Waals surface area contributed by atoms with Crippen molar-refractivity contribution in [1.29, 1.82) is 0 Å². The third kappa shape index (κ3) is 3.64. The molecule has 156 valence electrons. The Morgan fingerprint density at radius 3 is 2.58 bits per heavy atom. The summed E-state index contributed by atoms with van der Waals surface area (Å²) in [5, 5.41) is 15.4. The van der Waals surface area contributed by atoms with E-state index in [9.17, 15) is 19.6 Å². The number of para-hydroxylation sites is 1. The van der Waals surface area contributed by atoms with Crippen LogP contribution in [0.2, 0.25) is 0 Å². The fourth-order valence-electron chi connectivity index (χ4n) is 3.25. The van der Waals surface area contributed by atoms with Crippen LogP contribution in [0.1, 0.15) is 26.7 Å². The zero-order valence-electron chi connectivity index (χ0n) is 16.6. The average Bonchev–Trinajstić information content (AvgIpc) is 3.07. The molecule has 0 bridgehead atoms. The fraction of sp³-hybridized carbons (Fsp3) is 0.0909. The number of aromatic nitrogens is 2. The Morgan fingerprint density at radius 1 is 1.13 bits per heavy atom. The highest BCUT2D eigenvalue weighted by atomic mass is 16.5. The average molecular weight is 419 g/mol. The summed E-state index contributed by atoms with van der Waals surface area (Å²) < 4.78 is 12.0. The molecule has 0 radical (unpaired) electrons. The lowest BCUT2D eigenvalue weighted by molar-refractivity contribution is -0.606. The molecule has 31 heavy (non-hydrogen) atoms. The van der Waals surface area contributed by atoms with Crippen molar-refractivity contribution in [2.45, 2.75) is 6.92 Å². The number of hydrogen-bond acceptors (Lipinski definition) is 6. The monoisotopic (exact) mass is 419 g/mol. The molecule has 2 heterocycles. The molecule has 4 rings (SSSR count). The van der Waals surface area contributed by atoms with Crippen molar-refractivity contribution in [3.63, 3.8) is 0 Å². The number of ether oxygens (including phenoxy) is 1. The quantitative estimate of drug-likeness (QED) is 0.309. The Balaban J connectivity index is 1.74. The Morgan fingerprint density at radius 2 is 1.87 bits per heavy atom. The predicted octanol–water partition coefficient (Wildman–Crippen LogP) is 2.56. The molecule has 2 aromatic carbocycles. The number of carbonyl (C=O) groups excluding carboxylic acids is 2. The maximum Gasteiger partial charge on any atom is 0.374 e. The Labute approximate surface area is 175 Å². The van der Waals surface area contributed by atoms with Gasteiger partial charge in [0.15, 0.2) is 11.1 Å². The highest BCUT2D eigenvalue weighted by molar-refractivity contribution is 6.02. The number of nitrogens with zero attached hydrogens (tertiary/aromatic N) is 2. The van der Waals surface area contributed by atoms with Crippen molar-refractivity contribution in [3.8, 4) is 5.69 Å².